The Bertz CT molecular complexity index is 423. The molecule has 0 saturated carbocycles. The zero-order chi connectivity index (χ0) is 12.1. The number of amides is 1. The van der Waals surface area contributed by atoms with Gasteiger partial charge in [0.1, 0.15) is 0 Å². The monoisotopic (exact) mass is 223 g/mol. The van der Waals surface area contributed by atoms with Crippen LogP contribution in [0.5, 0.6) is 0 Å². The molecule has 16 heavy (non-hydrogen) atoms. The topological polar surface area (TPSA) is 68.3 Å². The zero-order valence-corrected chi connectivity index (χ0v) is 9.64. The molecule has 0 aliphatic rings. The molecule has 5 nitrogen and oxygen atoms in total. The SMILES string of the molecule is CN(C)C(=O)CCCn1cc(N)ccc1=O. The van der Waals surface area contributed by atoms with Crippen LogP contribution >= 0.6 is 0 Å². The van der Waals surface area contributed by atoms with Crippen LogP contribution in [0.1, 0.15) is 12.8 Å². The Balaban J connectivity index is 2.52. The third-order valence-electron chi connectivity index (χ3n) is 2.29. The van der Waals surface area contributed by atoms with Crippen LogP contribution in [0.15, 0.2) is 23.1 Å². The minimum Gasteiger partial charge on any atom is -0.398 e. The predicted octanol–water partition coefficient (Wildman–Crippen LogP) is 0.299. The number of hydrogen-bond acceptors (Lipinski definition) is 3. The van der Waals surface area contributed by atoms with Gasteiger partial charge in [0, 0.05) is 45.0 Å². The minimum atomic E-state index is -0.0912. The number of nitrogens with two attached hydrogens (primary N) is 1. The van der Waals surface area contributed by atoms with Crippen molar-refractivity contribution in [3.05, 3.63) is 28.7 Å². The van der Waals surface area contributed by atoms with Gasteiger partial charge in [-0.2, -0.15) is 0 Å². The normalized spacial score (nSPS) is 10.1. The van der Waals surface area contributed by atoms with E-state index in [1.807, 2.05) is 0 Å². The number of hydrogen-bond donors (Lipinski definition) is 1. The van der Waals surface area contributed by atoms with Gasteiger partial charge in [0.2, 0.25) is 5.91 Å². The van der Waals surface area contributed by atoms with Crippen molar-refractivity contribution in [1.82, 2.24) is 9.47 Å². The van der Waals surface area contributed by atoms with E-state index in [0.29, 0.717) is 25.1 Å². The Hall–Kier alpha value is -1.78. The van der Waals surface area contributed by atoms with Gasteiger partial charge in [-0.1, -0.05) is 0 Å². The number of aromatic nitrogens is 1. The van der Waals surface area contributed by atoms with Gasteiger partial charge in [-0.3, -0.25) is 9.59 Å². The van der Waals surface area contributed by atoms with Crippen molar-refractivity contribution >= 4 is 11.6 Å². The first-order valence-electron chi connectivity index (χ1n) is 5.17. The number of aryl methyl sites for hydroxylation is 1. The Morgan fingerprint density at radius 2 is 2.12 bits per heavy atom. The maximum Gasteiger partial charge on any atom is 0.250 e. The molecular weight excluding hydrogens is 206 g/mol. The van der Waals surface area contributed by atoms with Crippen molar-refractivity contribution in [2.45, 2.75) is 19.4 Å². The summed E-state index contributed by atoms with van der Waals surface area (Å²) in [5.74, 6) is 0.0666. The smallest absolute Gasteiger partial charge is 0.250 e. The number of nitrogens with zero attached hydrogens (tertiary/aromatic N) is 2. The zero-order valence-electron chi connectivity index (χ0n) is 9.64. The largest absolute Gasteiger partial charge is 0.398 e. The molecule has 0 atom stereocenters. The number of anilines is 1. The van der Waals surface area contributed by atoms with Crippen LogP contribution in [-0.2, 0) is 11.3 Å². The van der Waals surface area contributed by atoms with Crippen molar-refractivity contribution in [2.24, 2.45) is 0 Å². The van der Waals surface area contributed by atoms with Crippen molar-refractivity contribution in [3.8, 4) is 0 Å². The predicted molar refractivity (Wildman–Crippen MR) is 63.0 cm³/mol. The van der Waals surface area contributed by atoms with Gasteiger partial charge in [0.25, 0.3) is 5.56 Å². The van der Waals surface area contributed by atoms with E-state index in [1.165, 1.54) is 10.6 Å². The standard InChI is InChI=1S/C11H17N3O2/c1-13(2)10(15)4-3-7-14-8-9(12)5-6-11(14)16/h5-6,8H,3-4,7,12H2,1-2H3. The first kappa shape index (κ1) is 12.3. The van der Waals surface area contributed by atoms with Crippen molar-refractivity contribution in [2.75, 3.05) is 19.8 Å². The van der Waals surface area contributed by atoms with Gasteiger partial charge in [-0.05, 0) is 12.5 Å². The van der Waals surface area contributed by atoms with E-state index in [9.17, 15) is 9.59 Å². The van der Waals surface area contributed by atoms with Crippen LogP contribution in [0.2, 0.25) is 0 Å². The molecule has 0 spiro atoms. The molecule has 0 unspecified atom stereocenters. The molecule has 1 aromatic heterocycles. The lowest BCUT2D eigenvalue weighted by molar-refractivity contribution is -0.128. The third kappa shape index (κ3) is 3.42. The summed E-state index contributed by atoms with van der Waals surface area (Å²) in [5.41, 5.74) is 6.04. The van der Waals surface area contributed by atoms with E-state index >= 15 is 0 Å². The molecule has 2 N–H and O–H groups in total. The van der Waals surface area contributed by atoms with Gasteiger partial charge >= 0.3 is 0 Å². The molecule has 1 rings (SSSR count). The van der Waals surface area contributed by atoms with E-state index in [2.05, 4.69) is 0 Å². The molecule has 0 radical (unpaired) electrons. The van der Waals surface area contributed by atoms with Crippen LogP contribution in [-0.4, -0.2) is 29.5 Å². The maximum absolute atomic E-state index is 11.4. The van der Waals surface area contributed by atoms with Crippen LogP contribution in [0.25, 0.3) is 0 Å². The van der Waals surface area contributed by atoms with Crippen LogP contribution < -0.4 is 11.3 Å². The molecular formula is C11H17N3O2. The maximum atomic E-state index is 11.4. The van der Waals surface area contributed by atoms with Crippen LogP contribution in [0.3, 0.4) is 0 Å². The molecule has 0 saturated heterocycles. The van der Waals surface area contributed by atoms with E-state index in [0.717, 1.165) is 0 Å². The summed E-state index contributed by atoms with van der Waals surface area (Å²) in [6.45, 7) is 0.517. The first-order valence-corrected chi connectivity index (χ1v) is 5.17. The number of pyridine rings is 1. The van der Waals surface area contributed by atoms with Gasteiger partial charge < -0.3 is 15.2 Å². The Morgan fingerprint density at radius 1 is 1.44 bits per heavy atom. The van der Waals surface area contributed by atoms with E-state index in [1.54, 1.807) is 31.3 Å². The fraction of sp³-hybridized carbons (Fsp3) is 0.455. The van der Waals surface area contributed by atoms with Crippen LogP contribution in [0, 0.1) is 0 Å². The molecule has 0 fully saturated rings. The van der Waals surface area contributed by atoms with Gasteiger partial charge in [0.05, 0.1) is 0 Å². The second kappa shape index (κ2) is 5.34. The summed E-state index contributed by atoms with van der Waals surface area (Å²) in [7, 11) is 3.43. The fourth-order valence-electron chi connectivity index (χ4n) is 1.35. The quantitative estimate of drug-likeness (QED) is 0.798. The lowest BCUT2D eigenvalue weighted by Gasteiger charge is -2.10. The Morgan fingerprint density at radius 3 is 2.75 bits per heavy atom. The van der Waals surface area contributed by atoms with E-state index in [-0.39, 0.29) is 11.5 Å². The second-order valence-corrected chi connectivity index (χ2v) is 3.89. The summed E-state index contributed by atoms with van der Waals surface area (Å²) in [5, 5.41) is 0. The molecule has 1 aromatic rings. The molecule has 1 amide bonds. The van der Waals surface area contributed by atoms with Crippen LogP contribution in [0.4, 0.5) is 5.69 Å². The van der Waals surface area contributed by atoms with Crippen molar-refractivity contribution in [3.63, 3.8) is 0 Å². The summed E-state index contributed by atoms with van der Waals surface area (Å²) in [6.07, 6.45) is 2.68. The highest BCUT2D eigenvalue weighted by atomic mass is 16.2. The summed E-state index contributed by atoms with van der Waals surface area (Å²) < 4.78 is 1.53. The van der Waals surface area contributed by atoms with Crippen molar-refractivity contribution in [1.29, 1.82) is 0 Å². The van der Waals surface area contributed by atoms with Crippen molar-refractivity contribution < 1.29 is 4.79 Å². The Kier molecular flexibility index (Phi) is 4.10. The number of carbonyl (C=O) groups excluding carboxylic acids is 1. The second-order valence-electron chi connectivity index (χ2n) is 3.89. The summed E-state index contributed by atoms with van der Waals surface area (Å²) in [4.78, 5) is 24.2. The van der Waals surface area contributed by atoms with Gasteiger partial charge in [0.15, 0.2) is 0 Å². The summed E-state index contributed by atoms with van der Waals surface area (Å²) >= 11 is 0. The van der Waals surface area contributed by atoms with Gasteiger partial charge in [-0.15, -0.1) is 0 Å². The average molecular weight is 223 g/mol. The highest BCUT2D eigenvalue weighted by Crippen LogP contribution is 2.00. The minimum absolute atomic E-state index is 0.0666. The molecule has 5 heteroatoms. The average Bonchev–Trinajstić information content (AvgIpc) is 2.22. The highest BCUT2D eigenvalue weighted by molar-refractivity contribution is 5.75. The first-order chi connectivity index (χ1) is 7.50. The lowest BCUT2D eigenvalue weighted by Crippen LogP contribution is -2.23. The number of rotatable bonds is 4. The molecule has 1 heterocycles. The fourth-order valence-corrected chi connectivity index (χ4v) is 1.35. The molecule has 88 valence electrons. The third-order valence-corrected chi connectivity index (χ3v) is 2.29. The summed E-state index contributed by atoms with van der Waals surface area (Å²) in [6, 6.07) is 3.01. The van der Waals surface area contributed by atoms with E-state index < -0.39 is 0 Å². The molecule has 0 bridgehead atoms. The van der Waals surface area contributed by atoms with Gasteiger partial charge in [-0.25, -0.2) is 0 Å². The Labute approximate surface area is 94.5 Å². The molecule has 0 aliphatic heterocycles. The van der Waals surface area contributed by atoms with E-state index in [4.69, 9.17) is 5.73 Å². The number of carbonyl (C=O) groups is 1. The lowest BCUT2D eigenvalue weighted by atomic mass is 10.3. The molecule has 0 aliphatic carbocycles. The highest BCUT2D eigenvalue weighted by Gasteiger charge is 2.03. The number of nitrogen functional groups attached to an aromatic ring is 1. The molecule has 0 aromatic carbocycles.